The van der Waals surface area contributed by atoms with E-state index in [0.717, 1.165) is 32.1 Å². The van der Waals surface area contributed by atoms with Crippen molar-refractivity contribution in [1.29, 1.82) is 0 Å². The van der Waals surface area contributed by atoms with Crippen LogP contribution in [0.3, 0.4) is 0 Å². The molecule has 0 amide bonds. The Bertz CT molecular complexity index is 184. The van der Waals surface area contributed by atoms with Crippen LogP contribution in [0.25, 0.3) is 0 Å². The number of ether oxygens (including phenoxy) is 1. The maximum absolute atomic E-state index is 5.69. The van der Waals surface area contributed by atoms with Crippen molar-refractivity contribution in [1.82, 2.24) is 4.90 Å². The Kier molecular flexibility index (Phi) is 3.10. The summed E-state index contributed by atoms with van der Waals surface area (Å²) in [5, 5.41) is 0. The monoisotopic (exact) mass is 198 g/mol. The summed E-state index contributed by atoms with van der Waals surface area (Å²) in [7, 11) is 2.21. The molecule has 0 atom stereocenters. The summed E-state index contributed by atoms with van der Waals surface area (Å²) in [6, 6.07) is 0. The lowest BCUT2D eigenvalue weighted by atomic mass is 9.67. The van der Waals surface area contributed by atoms with Crippen LogP contribution in [0.1, 0.15) is 19.3 Å². The molecule has 2 N–H and O–H groups in total. The lowest BCUT2D eigenvalue weighted by Crippen LogP contribution is -2.52. The first-order valence-corrected chi connectivity index (χ1v) is 5.73. The minimum atomic E-state index is 0.454. The van der Waals surface area contributed by atoms with Crippen LogP contribution < -0.4 is 5.73 Å². The molecule has 0 unspecified atom stereocenters. The summed E-state index contributed by atoms with van der Waals surface area (Å²) in [5.74, 6) is 0.857. The number of nitrogens with two attached hydrogens (primary N) is 1. The molecule has 14 heavy (non-hydrogen) atoms. The zero-order chi connectivity index (χ0) is 10.0. The molecule has 3 heteroatoms. The zero-order valence-corrected chi connectivity index (χ0v) is 9.17. The molecule has 0 saturated carbocycles. The quantitative estimate of drug-likeness (QED) is 0.725. The highest BCUT2D eigenvalue weighted by atomic mass is 16.5. The Morgan fingerprint density at radius 1 is 1.36 bits per heavy atom. The van der Waals surface area contributed by atoms with E-state index in [9.17, 15) is 0 Å². The van der Waals surface area contributed by atoms with E-state index >= 15 is 0 Å². The number of likely N-dealkylation sites (tertiary alicyclic amines) is 1. The van der Waals surface area contributed by atoms with Crippen LogP contribution in [0.15, 0.2) is 0 Å². The number of rotatable bonds is 3. The fourth-order valence-corrected chi connectivity index (χ4v) is 2.86. The first-order valence-electron chi connectivity index (χ1n) is 5.73. The van der Waals surface area contributed by atoms with E-state index in [1.807, 2.05) is 0 Å². The molecule has 0 bridgehead atoms. The standard InChI is InChI=1S/C11H22N2O/c1-13-6-2-10(3-7-13)11(4-5-12)8-14-9-11/h10H,2-9,12H2,1H3. The maximum Gasteiger partial charge on any atom is 0.0547 e. The minimum absolute atomic E-state index is 0.454. The Labute approximate surface area is 86.6 Å². The van der Waals surface area contributed by atoms with Crippen molar-refractivity contribution in [2.45, 2.75) is 19.3 Å². The van der Waals surface area contributed by atoms with Crippen LogP contribution in [0.5, 0.6) is 0 Å². The summed E-state index contributed by atoms with van der Waals surface area (Å²) >= 11 is 0. The molecular weight excluding hydrogens is 176 g/mol. The smallest absolute Gasteiger partial charge is 0.0547 e. The van der Waals surface area contributed by atoms with Crippen molar-refractivity contribution in [2.24, 2.45) is 17.1 Å². The molecule has 0 aromatic carbocycles. The second-order valence-corrected chi connectivity index (χ2v) is 4.97. The van der Waals surface area contributed by atoms with Crippen LogP contribution in [0, 0.1) is 11.3 Å². The van der Waals surface area contributed by atoms with Gasteiger partial charge < -0.3 is 15.4 Å². The van der Waals surface area contributed by atoms with E-state index in [4.69, 9.17) is 10.5 Å². The van der Waals surface area contributed by atoms with Crippen molar-refractivity contribution >= 4 is 0 Å². The molecule has 2 saturated heterocycles. The third-order valence-electron chi connectivity index (χ3n) is 4.01. The lowest BCUT2D eigenvalue weighted by Gasteiger charge is -2.49. The van der Waals surface area contributed by atoms with Crippen LogP contribution in [-0.2, 0) is 4.74 Å². The molecule has 0 aliphatic carbocycles. The van der Waals surface area contributed by atoms with Crippen molar-refractivity contribution < 1.29 is 4.74 Å². The third kappa shape index (κ3) is 1.81. The molecule has 2 rings (SSSR count). The summed E-state index contributed by atoms with van der Waals surface area (Å²) in [5.41, 5.74) is 6.15. The van der Waals surface area contributed by atoms with Gasteiger partial charge in [-0.1, -0.05) is 0 Å². The lowest BCUT2D eigenvalue weighted by molar-refractivity contribution is -0.157. The van der Waals surface area contributed by atoms with E-state index < -0.39 is 0 Å². The predicted octanol–water partition coefficient (Wildman–Crippen LogP) is 0.694. The molecule has 2 fully saturated rings. The van der Waals surface area contributed by atoms with Gasteiger partial charge in [0.1, 0.15) is 0 Å². The van der Waals surface area contributed by atoms with E-state index in [2.05, 4.69) is 11.9 Å². The molecular formula is C11H22N2O. The van der Waals surface area contributed by atoms with E-state index in [1.54, 1.807) is 0 Å². The molecule has 3 nitrogen and oxygen atoms in total. The molecule has 0 spiro atoms. The molecule has 2 aliphatic heterocycles. The van der Waals surface area contributed by atoms with Gasteiger partial charge in [-0.25, -0.2) is 0 Å². The van der Waals surface area contributed by atoms with Crippen molar-refractivity contribution in [3.05, 3.63) is 0 Å². The van der Waals surface area contributed by atoms with Gasteiger partial charge >= 0.3 is 0 Å². The second kappa shape index (κ2) is 4.17. The van der Waals surface area contributed by atoms with Gasteiger partial charge in [0.05, 0.1) is 13.2 Å². The Morgan fingerprint density at radius 3 is 2.43 bits per heavy atom. The fraction of sp³-hybridized carbons (Fsp3) is 1.00. The average molecular weight is 198 g/mol. The largest absolute Gasteiger partial charge is 0.380 e. The molecule has 2 heterocycles. The molecule has 82 valence electrons. The number of hydrogen-bond donors (Lipinski definition) is 1. The first-order chi connectivity index (χ1) is 6.77. The molecule has 0 aromatic heterocycles. The van der Waals surface area contributed by atoms with Crippen molar-refractivity contribution in [3.8, 4) is 0 Å². The van der Waals surface area contributed by atoms with Crippen LogP contribution in [-0.4, -0.2) is 44.8 Å². The van der Waals surface area contributed by atoms with Gasteiger partial charge in [-0.05, 0) is 51.9 Å². The van der Waals surface area contributed by atoms with E-state index in [0.29, 0.717) is 5.41 Å². The molecule has 2 aliphatic rings. The van der Waals surface area contributed by atoms with Crippen molar-refractivity contribution in [2.75, 3.05) is 39.9 Å². The molecule has 0 aromatic rings. The highest BCUT2D eigenvalue weighted by Crippen LogP contribution is 2.43. The third-order valence-corrected chi connectivity index (χ3v) is 4.01. The van der Waals surface area contributed by atoms with Crippen molar-refractivity contribution in [3.63, 3.8) is 0 Å². The fourth-order valence-electron chi connectivity index (χ4n) is 2.86. The molecule has 0 radical (unpaired) electrons. The normalized spacial score (nSPS) is 28.7. The van der Waals surface area contributed by atoms with Gasteiger partial charge in [0.2, 0.25) is 0 Å². The van der Waals surface area contributed by atoms with Crippen LogP contribution >= 0.6 is 0 Å². The first kappa shape index (κ1) is 10.4. The SMILES string of the molecule is CN1CCC(C2(CCN)COC2)CC1. The summed E-state index contributed by atoms with van der Waals surface area (Å²) in [6.45, 7) is 5.22. The Balaban J connectivity index is 1.91. The number of nitrogens with zero attached hydrogens (tertiary/aromatic N) is 1. The second-order valence-electron chi connectivity index (χ2n) is 4.97. The van der Waals surface area contributed by atoms with Gasteiger partial charge in [-0.2, -0.15) is 0 Å². The Morgan fingerprint density at radius 2 is 2.00 bits per heavy atom. The Hall–Kier alpha value is -0.120. The highest BCUT2D eigenvalue weighted by molar-refractivity contribution is 4.94. The highest BCUT2D eigenvalue weighted by Gasteiger charge is 2.45. The van der Waals surface area contributed by atoms with E-state index in [1.165, 1.54) is 25.9 Å². The van der Waals surface area contributed by atoms with Crippen LogP contribution in [0.4, 0.5) is 0 Å². The van der Waals surface area contributed by atoms with Gasteiger partial charge in [0.25, 0.3) is 0 Å². The van der Waals surface area contributed by atoms with Crippen LogP contribution in [0.2, 0.25) is 0 Å². The average Bonchev–Trinajstić information content (AvgIpc) is 2.13. The van der Waals surface area contributed by atoms with E-state index in [-0.39, 0.29) is 0 Å². The van der Waals surface area contributed by atoms with Gasteiger partial charge in [0.15, 0.2) is 0 Å². The maximum atomic E-state index is 5.69. The summed E-state index contributed by atoms with van der Waals surface area (Å²) < 4.78 is 5.40. The van der Waals surface area contributed by atoms with Gasteiger partial charge in [-0.3, -0.25) is 0 Å². The van der Waals surface area contributed by atoms with Gasteiger partial charge in [0, 0.05) is 5.41 Å². The number of hydrogen-bond acceptors (Lipinski definition) is 3. The minimum Gasteiger partial charge on any atom is -0.380 e. The summed E-state index contributed by atoms with van der Waals surface area (Å²) in [4.78, 5) is 2.42. The number of piperidine rings is 1. The summed E-state index contributed by atoms with van der Waals surface area (Å²) in [6.07, 6.45) is 3.82. The zero-order valence-electron chi connectivity index (χ0n) is 9.17. The predicted molar refractivity (Wildman–Crippen MR) is 57.1 cm³/mol. The topological polar surface area (TPSA) is 38.5 Å². The van der Waals surface area contributed by atoms with Gasteiger partial charge in [-0.15, -0.1) is 0 Å².